The van der Waals surface area contributed by atoms with Crippen LogP contribution >= 0.6 is 11.6 Å². The molecule has 0 unspecified atom stereocenters. The number of methoxy groups -OCH3 is 1. The molecule has 1 rings (SSSR count). The second-order valence-corrected chi connectivity index (χ2v) is 2.88. The molecule has 0 aliphatic heterocycles. The van der Waals surface area contributed by atoms with Crippen molar-refractivity contribution in [1.29, 1.82) is 0 Å². The summed E-state index contributed by atoms with van der Waals surface area (Å²) >= 11 is 5.96. The van der Waals surface area contributed by atoms with E-state index in [2.05, 4.69) is 11.8 Å². The highest BCUT2D eigenvalue weighted by atomic mass is 35.5. The minimum Gasteiger partial charge on any atom is -0.495 e. The summed E-state index contributed by atoms with van der Waals surface area (Å²) in [5.41, 5.74) is 0.772. The lowest BCUT2D eigenvalue weighted by molar-refractivity contribution is 0.413. The molecule has 68 valence electrons. The Hall–Kier alpha value is -1.13. The molecular formula is C11H11ClO. The van der Waals surface area contributed by atoms with Crippen molar-refractivity contribution in [2.24, 2.45) is 0 Å². The Labute approximate surface area is 83.7 Å². The van der Waals surface area contributed by atoms with Crippen molar-refractivity contribution in [1.82, 2.24) is 0 Å². The third-order valence-electron chi connectivity index (χ3n) is 1.59. The first-order valence-corrected chi connectivity index (χ1v) is 4.48. The van der Waals surface area contributed by atoms with E-state index in [0.717, 1.165) is 17.7 Å². The highest BCUT2D eigenvalue weighted by Gasteiger charge is 2.03. The van der Waals surface area contributed by atoms with Gasteiger partial charge in [0.2, 0.25) is 0 Å². The molecule has 2 heteroatoms. The van der Waals surface area contributed by atoms with E-state index in [0.29, 0.717) is 5.02 Å². The molecule has 0 radical (unpaired) electrons. The number of benzene rings is 1. The van der Waals surface area contributed by atoms with Crippen LogP contribution in [0.1, 0.15) is 18.9 Å². The first kappa shape index (κ1) is 9.95. The van der Waals surface area contributed by atoms with E-state index >= 15 is 0 Å². The third-order valence-corrected chi connectivity index (χ3v) is 1.90. The van der Waals surface area contributed by atoms with Gasteiger partial charge in [-0.05, 0) is 12.1 Å². The van der Waals surface area contributed by atoms with E-state index in [9.17, 15) is 0 Å². The molecular weight excluding hydrogens is 184 g/mol. The van der Waals surface area contributed by atoms with Crippen LogP contribution in [0.2, 0.25) is 5.02 Å². The SMILES string of the molecule is CCC#Cc1c(Cl)cccc1OC. The van der Waals surface area contributed by atoms with Gasteiger partial charge in [0, 0.05) is 6.42 Å². The van der Waals surface area contributed by atoms with Gasteiger partial charge in [0.05, 0.1) is 17.7 Å². The summed E-state index contributed by atoms with van der Waals surface area (Å²) in [6.07, 6.45) is 0.814. The smallest absolute Gasteiger partial charge is 0.135 e. The molecule has 0 N–H and O–H groups in total. The molecule has 0 saturated heterocycles. The summed E-state index contributed by atoms with van der Waals surface area (Å²) in [4.78, 5) is 0. The van der Waals surface area contributed by atoms with Gasteiger partial charge in [0.1, 0.15) is 5.75 Å². The Morgan fingerprint density at radius 3 is 2.85 bits per heavy atom. The molecule has 0 aliphatic rings. The van der Waals surface area contributed by atoms with Gasteiger partial charge in [-0.25, -0.2) is 0 Å². The lowest BCUT2D eigenvalue weighted by Gasteiger charge is -2.03. The van der Waals surface area contributed by atoms with Gasteiger partial charge in [-0.3, -0.25) is 0 Å². The second-order valence-electron chi connectivity index (χ2n) is 2.47. The number of halogens is 1. The average Bonchev–Trinajstić information content (AvgIpc) is 2.15. The maximum atomic E-state index is 5.96. The monoisotopic (exact) mass is 194 g/mol. The maximum Gasteiger partial charge on any atom is 0.135 e. The Balaban J connectivity index is 3.15. The Morgan fingerprint density at radius 1 is 1.46 bits per heavy atom. The Kier molecular flexibility index (Phi) is 3.67. The first-order valence-electron chi connectivity index (χ1n) is 4.11. The van der Waals surface area contributed by atoms with Crippen molar-refractivity contribution in [3.8, 4) is 17.6 Å². The van der Waals surface area contributed by atoms with E-state index in [1.807, 2.05) is 25.1 Å². The van der Waals surface area contributed by atoms with Crippen LogP contribution in [0.25, 0.3) is 0 Å². The third kappa shape index (κ3) is 2.40. The number of hydrogen-bond donors (Lipinski definition) is 0. The Morgan fingerprint density at radius 2 is 2.23 bits per heavy atom. The van der Waals surface area contributed by atoms with Crippen LogP contribution in [0.4, 0.5) is 0 Å². The number of hydrogen-bond acceptors (Lipinski definition) is 1. The van der Waals surface area contributed by atoms with Crippen molar-refractivity contribution in [3.05, 3.63) is 28.8 Å². The largest absolute Gasteiger partial charge is 0.495 e. The van der Waals surface area contributed by atoms with Crippen molar-refractivity contribution < 1.29 is 4.74 Å². The fourth-order valence-electron chi connectivity index (χ4n) is 0.973. The Bertz CT molecular complexity index is 347. The van der Waals surface area contributed by atoms with E-state index in [-0.39, 0.29) is 0 Å². The molecule has 0 heterocycles. The summed E-state index contributed by atoms with van der Waals surface area (Å²) in [6.45, 7) is 2.00. The van der Waals surface area contributed by atoms with Crippen LogP contribution in [-0.4, -0.2) is 7.11 Å². The van der Waals surface area contributed by atoms with Crippen LogP contribution in [0.15, 0.2) is 18.2 Å². The summed E-state index contributed by atoms with van der Waals surface area (Å²) < 4.78 is 5.14. The zero-order valence-electron chi connectivity index (χ0n) is 7.73. The summed E-state index contributed by atoms with van der Waals surface area (Å²) in [6, 6.07) is 5.51. The molecule has 1 aromatic rings. The zero-order valence-corrected chi connectivity index (χ0v) is 8.48. The van der Waals surface area contributed by atoms with Crippen molar-refractivity contribution >= 4 is 11.6 Å². The lowest BCUT2D eigenvalue weighted by Crippen LogP contribution is -1.87. The van der Waals surface area contributed by atoms with Gasteiger partial charge < -0.3 is 4.74 Å². The molecule has 1 aromatic carbocycles. The number of ether oxygens (including phenoxy) is 1. The van der Waals surface area contributed by atoms with Crippen LogP contribution in [0.3, 0.4) is 0 Å². The van der Waals surface area contributed by atoms with Crippen molar-refractivity contribution in [2.75, 3.05) is 7.11 Å². The topological polar surface area (TPSA) is 9.23 Å². The highest BCUT2D eigenvalue weighted by molar-refractivity contribution is 6.32. The van der Waals surface area contributed by atoms with Gasteiger partial charge in [-0.2, -0.15) is 0 Å². The number of rotatable bonds is 1. The van der Waals surface area contributed by atoms with Gasteiger partial charge in [0.25, 0.3) is 0 Å². The average molecular weight is 195 g/mol. The molecule has 0 saturated carbocycles. The molecule has 1 nitrogen and oxygen atoms in total. The molecule has 0 aromatic heterocycles. The minimum atomic E-state index is 0.639. The zero-order chi connectivity index (χ0) is 9.68. The minimum absolute atomic E-state index is 0.639. The van der Waals surface area contributed by atoms with E-state index in [1.165, 1.54) is 0 Å². The molecule has 0 spiro atoms. The van der Waals surface area contributed by atoms with E-state index in [4.69, 9.17) is 16.3 Å². The van der Waals surface area contributed by atoms with Crippen molar-refractivity contribution in [2.45, 2.75) is 13.3 Å². The normalized spacial score (nSPS) is 8.85. The van der Waals surface area contributed by atoms with Crippen molar-refractivity contribution in [3.63, 3.8) is 0 Å². The van der Waals surface area contributed by atoms with Crippen LogP contribution in [0, 0.1) is 11.8 Å². The second kappa shape index (κ2) is 4.79. The quantitative estimate of drug-likeness (QED) is 0.625. The molecule has 0 aliphatic carbocycles. The van der Waals surface area contributed by atoms with Gasteiger partial charge in [0.15, 0.2) is 0 Å². The fourth-order valence-corrected chi connectivity index (χ4v) is 1.19. The molecule has 0 atom stereocenters. The summed E-state index contributed by atoms with van der Waals surface area (Å²) in [5, 5.41) is 0.639. The van der Waals surface area contributed by atoms with E-state index in [1.54, 1.807) is 7.11 Å². The highest BCUT2D eigenvalue weighted by Crippen LogP contribution is 2.24. The van der Waals surface area contributed by atoms with Gasteiger partial charge in [-0.15, -0.1) is 0 Å². The van der Waals surface area contributed by atoms with E-state index < -0.39 is 0 Å². The molecule has 0 amide bonds. The standard InChI is InChI=1S/C11H11ClO/c1-3-4-6-9-10(12)7-5-8-11(9)13-2/h5,7-8H,3H2,1-2H3. The summed E-state index contributed by atoms with van der Waals surface area (Å²) in [5.74, 6) is 6.67. The first-order chi connectivity index (χ1) is 6.29. The maximum absolute atomic E-state index is 5.96. The molecule has 13 heavy (non-hydrogen) atoms. The molecule has 0 fully saturated rings. The van der Waals surface area contributed by atoms with Crippen LogP contribution in [0.5, 0.6) is 5.75 Å². The fraction of sp³-hybridized carbons (Fsp3) is 0.273. The summed E-state index contributed by atoms with van der Waals surface area (Å²) in [7, 11) is 1.61. The predicted octanol–water partition coefficient (Wildman–Crippen LogP) is 3.11. The van der Waals surface area contributed by atoms with Crippen LogP contribution < -0.4 is 4.74 Å². The lowest BCUT2D eigenvalue weighted by atomic mass is 10.2. The van der Waals surface area contributed by atoms with Crippen LogP contribution in [-0.2, 0) is 0 Å². The van der Waals surface area contributed by atoms with Gasteiger partial charge in [-0.1, -0.05) is 36.4 Å². The predicted molar refractivity (Wildman–Crippen MR) is 55.2 cm³/mol. The molecule has 0 bridgehead atoms. The van der Waals surface area contributed by atoms with Gasteiger partial charge >= 0.3 is 0 Å².